The number of hydrogen-bond acceptors (Lipinski definition) is 2. The standard InChI is InChI=1S/C19H22N2O.ClH/c1-14-7-6-10-17-16(14)11-12-21(17)19(18(22)13-20-2)15-8-4-3-5-9-15;/h3-12,18-20,22H,13H2,1-2H3;1H/t18-,19+;/m1./s1. The molecule has 0 unspecified atom stereocenters. The minimum absolute atomic E-state index is 0. The number of aryl methyl sites for hydroxylation is 1. The molecule has 0 amide bonds. The molecule has 0 aliphatic carbocycles. The average molecular weight is 331 g/mol. The number of likely N-dealkylation sites (N-methyl/N-ethyl adjacent to an activating group) is 1. The Balaban J connectivity index is 0.00000192. The lowest BCUT2D eigenvalue weighted by Gasteiger charge is -2.26. The molecule has 0 aliphatic rings. The molecule has 122 valence electrons. The highest BCUT2D eigenvalue weighted by atomic mass is 35.5. The highest BCUT2D eigenvalue weighted by Gasteiger charge is 2.23. The first-order valence-electron chi connectivity index (χ1n) is 7.66. The normalized spacial score (nSPS) is 13.5. The summed E-state index contributed by atoms with van der Waals surface area (Å²) in [5, 5.41) is 15.0. The molecule has 0 fully saturated rings. The second-order valence-electron chi connectivity index (χ2n) is 5.71. The van der Waals surface area contributed by atoms with Gasteiger partial charge in [0.15, 0.2) is 0 Å². The van der Waals surface area contributed by atoms with Crippen molar-refractivity contribution in [2.45, 2.75) is 19.1 Å². The van der Waals surface area contributed by atoms with E-state index in [1.807, 2.05) is 25.2 Å². The van der Waals surface area contributed by atoms with Crippen LogP contribution < -0.4 is 5.32 Å². The van der Waals surface area contributed by atoms with E-state index in [-0.39, 0.29) is 18.4 Å². The predicted molar refractivity (Wildman–Crippen MR) is 98.4 cm³/mol. The smallest absolute Gasteiger partial charge is 0.0912 e. The Morgan fingerprint density at radius 1 is 1.04 bits per heavy atom. The van der Waals surface area contributed by atoms with Crippen LogP contribution in [0.4, 0.5) is 0 Å². The Bertz CT molecular complexity index is 754. The Morgan fingerprint density at radius 3 is 2.48 bits per heavy atom. The van der Waals surface area contributed by atoms with Gasteiger partial charge in [0.25, 0.3) is 0 Å². The molecule has 0 radical (unpaired) electrons. The van der Waals surface area contributed by atoms with Crippen molar-refractivity contribution in [3.63, 3.8) is 0 Å². The van der Waals surface area contributed by atoms with Crippen molar-refractivity contribution in [1.29, 1.82) is 0 Å². The van der Waals surface area contributed by atoms with Gasteiger partial charge in [-0.2, -0.15) is 0 Å². The van der Waals surface area contributed by atoms with Crippen LogP contribution in [0.2, 0.25) is 0 Å². The first kappa shape index (κ1) is 17.5. The lowest BCUT2D eigenvalue weighted by atomic mass is 10.0. The Kier molecular flexibility index (Phi) is 5.83. The lowest BCUT2D eigenvalue weighted by Crippen LogP contribution is -2.33. The molecule has 0 bridgehead atoms. The maximum atomic E-state index is 10.7. The lowest BCUT2D eigenvalue weighted by molar-refractivity contribution is 0.132. The van der Waals surface area contributed by atoms with E-state index in [1.165, 1.54) is 10.9 Å². The average Bonchev–Trinajstić information content (AvgIpc) is 2.94. The van der Waals surface area contributed by atoms with Gasteiger partial charge >= 0.3 is 0 Å². The van der Waals surface area contributed by atoms with Gasteiger partial charge in [-0.15, -0.1) is 12.4 Å². The zero-order valence-corrected chi connectivity index (χ0v) is 14.3. The molecular weight excluding hydrogens is 308 g/mol. The number of halogens is 1. The molecule has 0 aliphatic heterocycles. The highest BCUT2D eigenvalue weighted by molar-refractivity contribution is 5.85. The molecule has 2 atom stereocenters. The molecule has 0 spiro atoms. The van der Waals surface area contributed by atoms with Gasteiger partial charge in [0.05, 0.1) is 12.1 Å². The van der Waals surface area contributed by atoms with Crippen molar-refractivity contribution >= 4 is 23.3 Å². The van der Waals surface area contributed by atoms with E-state index in [1.54, 1.807) is 0 Å². The summed E-state index contributed by atoms with van der Waals surface area (Å²) in [5.41, 5.74) is 3.53. The summed E-state index contributed by atoms with van der Waals surface area (Å²) >= 11 is 0. The summed E-state index contributed by atoms with van der Waals surface area (Å²) in [6, 6.07) is 18.5. The summed E-state index contributed by atoms with van der Waals surface area (Å²) in [6.45, 7) is 2.67. The molecule has 1 heterocycles. The number of nitrogens with zero attached hydrogens (tertiary/aromatic N) is 1. The van der Waals surface area contributed by atoms with Crippen molar-refractivity contribution in [1.82, 2.24) is 9.88 Å². The number of aliphatic hydroxyl groups excluding tert-OH is 1. The van der Waals surface area contributed by atoms with Gasteiger partial charge < -0.3 is 15.0 Å². The molecule has 3 aromatic rings. The molecule has 23 heavy (non-hydrogen) atoms. The number of nitrogens with one attached hydrogen (secondary N) is 1. The number of aromatic nitrogens is 1. The molecular formula is C19H23ClN2O. The van der Waals surface area contributed by atoms with Gasteiger partial charge in [0, 0.05) is 23.6 Å². The van der Waals surface area contributed by atoms with Gasteiger partial charge in [-0.3, -0.25) is 0 Å². The number of hydrogen-bond donors (Lipinski definition) is 2. The third-order valence-corrected chi connectivity index (χ3v) is 4.20. The van der Waals surface area contributed by atoms with E-state index < -0.39 is 6.10 Å². The molecule has 0 saturated carbocycles. The topological polar surface area (TPSA) is 37.2 Å². The van der Waals surface area contributed by atoms with E-state index in [9.17, 15) is 5.11 Å². The largest absolute Gasteiger partial charge is 0.389 e. The van der Waals surface area contributed by atoms with Gasteiger partial charge in [-0.05, 0) is 37.2 Å². The van der Waals surface area contributed by atoms with Crippen LogP contribution in [0.25, 0.3) is 10.9 Å². The number of benzene rings is 2. The van der Waals surface area contributed by atoms with E-state index in [4.69, 9.17) is 0 Å². The zero-order valence-electron chi connectivity index (χ0n) is 13.4. The van der Waals surface area contributed by atoms with Crippen LogP contribution in [-0.4, -0.2) is 29.4 Å². The molecule has 4 heteroatoms. The zero-order chi connectivity index (χ0) is 15.5. The fraction of sp³-hybridized carbons (Fsp3) is 0.263. The molecule has 0 saturated heterocycles. The van der Waals surface area contributed by atoms with Crippen LogP contribution in [0.1, 0.15) is 17.2 Å². The van der Waals surface area contributed by atoms with Gasteiger partial charge in [0.1, 0.15) is 0 Å². The maximum Gasteiger partial charge on any atom is 0.0912 e. The minimum atomic E-state index is -0.497. The monoisotopic (exact) mass is 330 g/mol. The molecule has 3 nitrogen and oxygen atoms in total. The van der Waals surface area contributed by atoms with Crippen LogP contribution in [0.3, 0.4) is 0 Å². The Hall–Kier alpha value is -1.81. The van der Waals surface area contributed by atoms with Crippen LogP contribution in [0.15, 0.2) is 60.8 Å². The predicted octanol–water partition coefficient (Wildman–Crippen LogP) is 3.54. The molecule has 2 N–H and O–H groups in total. The fourth-order valence-electron chi connectivity index (χ4n) is 3.12. The molecule has 3 rings (SSSR count). The first-order chi connectivity index (χ1) is 10.7. The van der Waals surface area contributed by atoms with Crippen LogP contribution in [-0.2, 0) is 0 Å². The summed E-state index contributed by atoms with van der Waals surface area (Å²) in [6.07, 6.45) is 1.58. The van der Waals surface area contributed by atoms with E-state index in [0.29, 0.717) is 6.54 Å². The second kappa shape index (κ2) is 7.64. The van der Waals surface area contributed by atoms with Gasteiger partial charge in [-0.1, -0.05) is 42.5 Å². The van der Waals surface area contributed by atoms with Crippen LogP contribution >= 0.6 is 12.4 Å². The number of aliphatic hydroxyl groups is 1. The second-order valence-corrected chi connectivity index (χ2v) is 5.71. The Labute approximate surface area is 143 Å². The molecule has 2 aromatic carbocycles. The quantitative estimate of drug-likeness (QED) is 0.750. The third-order valence-electron chi connectivity index (χ3n) is 4.20. The fourth-order valence-corrected chi connectivity index (χ4v) is 3.12. The summed E-state index contributed by atoms with van der Waals surface area (Å²) in [5.74, 6) is 0. The van der Waals surface area contributed by atoms with Crippen LogP contribution in [0.5, 0.6) is 0 Å². The van der Waals surface area contributed by atoms with E-state index in [0.717, 1.165) is 11.1 Å². The Morgan fingerprint density at radius 2 is 1.78 bits per heavy atom. The third kappa shape index (κ3) is 3.42. The summed E-state index contributed by atoms with van der Waals surface area (Å²) < 4.78 is 2.18. The highest BCUT2D eigenvalue weighted by Crippen LogP contribution is 2.29. The van der Waals surface area contributed by atoms with Gasteiger partial charge in [0.2, 0.25) is 0 Å². The van der Waals surface area contributed by atoms with Crippen molar-refractivity contribution in [3.8, 4) is 0 Å². The van der Waals surface area contributed by atoms with Crippen LogP contribution in [0, 0.1) is 6.92 Å². The first-order valence-corrected chi connectivity index (χ1v) is 7.66. The number of rotatable bonds is 5. The summed E-state index contributed by atoms with van der Waals surface area (Å²) in [4.78, 5) is 0. The SMILES string of the molecule is CNC[C@@H](O)[C@H](c1ccccc1)n1ccc2c(C)cccc21.Cl. The van der Waals surface area contributed by atoms with Crippen molar-refractivity contribution in [2.75, 3.05) is 13.6 Å². The molecule has 1 aromatic heterocycles. The summed E-state index contributed by atoms with van der Waals surface area (Å²) in [7, 11) is 1.86. The van der Waals surface area contributed by atoms with Gasteiger partial charge in [-0.25, -0.2) is 0 Å². The van der Waals surface area contributed by atoms with E-state index in [2.05, 4.69) is 59.4 Å². The van der Waals surface area contributed by atoms with E-state index >= 15 is 0 Å². The van der Waals surface area contributed by atoms with Crippen molar-refractivity contribution in [3.05, 3.63) is 71.9 Å². The minimum Gasteiger partial charge on any atom is -0.389 e. The van der Waals surface area contributed by atoms with Crippen molar-refractivity contribution in [2.24, 2.45) is 0 Å². The van der Waals surface area contributed by atoms with Crippen molar-refractivity contribution < 1.29 is 5.11 Å². The number of fused-ring (bicyclic) bond motifs is 1. The maximum absolute atomic E-state index is 10.7.